The number of fused-ring (bicyclic) bond motifs is 3. The van der Waals surface area contributed by atoms with Gasteiger partial charge in [-0.1, -0.05) is 30.8 Å². The number of carbonyl (C=O) groups is 1. The second-order valence-electron chi connectivity index (χ2n) is 6.55. The van der Waals surface area contributed by atoms with E-state index in [-0.39, 0.29) is 17.0 Å². The Balaban J connectivity index is 1.66. The van der Waals surface area contributed by atoms with Gasteiger partial charge in [0.25, 0.3) is 5.56 Å². The maximum Gasteiger partial charge on any atom is 0.262 e. The van der Waals surface area contributed by atoms with Crippen LogP contribution < -0.4 is 10.9 Å². The average Bonchev–Trinajstić information content (AvgIpc) is 3.16. The number of amides is 1. The largest absolute Gasteiger partial charge is 0.323 e. The van der Waals surface area contributed by atoms with Crippen molar-refractivity contribution in [2.24, 2.45) is 0 Å². The van der Waals surface area contributed by atoms with Gasteiger partial charge in [0, 0.05) is 12.6 Å². The monoisotopic (exact) mass is 429 g/mol. The van der Waals surface area contributed by atoms with Gasteiger partial charge in [-0.05, 0) is 30.7 Å². The van der Waals surface area contributed by atoms with Crippen LogP contribution in [-0.4, -0.2) is 30.8 Å². The molecule has 2 aromatic heterocycles. The van der Waals surface area contributed by atoms with Crippen molar-refractivity contribution >= 4 is 40.0 Å². The Kier molecular flexibility index (Phi) is 5.49. The Labute approximate surface area is 173 Å². The number of para-hydroxylation sites is 1. The van der Waals surface area contributed by atoms with Crippen LogP contribution >= 0.6 is 11.8 Å². The molecule has 4 aromatic rings. The van der Waals surface area contributed by atoms with E-state index in [0.717, 1.165) is 36.4 Å². The molecule has 4 rings (SSSR count). The molecule has 7 nitrogen and oxygen atoms in total. The van der Waals surface area contributed by atoms with Gasteiger partial charge in [0.15, 0.2) is 5.16 Å². The molecule has 0 fully saturated rings. The Bertz CT molecular complexity index is 1320. The maximum atomic E-state index is 13.7. The second kappa shape index (κ2) is 8.23. The summed E-state index contributed by atoms with van der Waals surface area (Å²) in [6, 6.07) is 9.95. The van der Waals surface area contributed by atoms with Crippen molar-refractivity contribution in [1.82, 2.24) is 19.2 Å². The SMILES string of the molecule is CCCn1c(=O)c2ccccc2n2c(SCC(=O)Nc3cc(F)ccc3F)nnc12. The molecule has 0 saturated carbocycles. The fourth-order valence-electron chi connectivity index (χ4n) is 3.16. The highest BCUT2D eigenvalue weighted by atomic mass is 32.2. The molecular formula is C20H17F2N5O2S. The van der Waals surface area contributed by atoms with Crippen LogP contribution in [0.3, 0.4) is 0 Å². The first-order valence-corrected chi connectivity index (χ1v) is 10.2. The zero-order valence-electron chi connectivity index (χ0n) is 15.9. The Morgan fingerprint density at radius 3 is 2.77 bits per heavy atom. The van der Waals surface area contributed by atoms with E-state index < -0.39 is 17.5 Å². The van der Waals surface area contributed by atoms with Gasteiger partial charge in [-0.25, -0.2) is 8.78 Å². The Morgan fingerprint density at radius 2 is 1.97 bits per heavy atom. The minimum absolute atomic E-state index is 0.0992. The molecule has 0 bridgehead atoms. The van der Waals surface area contributed by atoms with Crippen molar-refractivity contribution in [2.75, 3.05) is 11.1 Å². The van der Waals surface area contributed by atoms with Crippen molar-refractivity contribution in [3.05, 3.63) is 64.5 Å². The summed E-state index contributed by atoms with van der Waals surface area (Å²) in [5.74, 6) is -1.61. The molecule has 0 aliphatic carbocycles. The van der Waals surface area contributed by atoms with Gasteiger partial charge in [0.05, 0.1) is 22.3 Å². The van der Waals surface area contributed by atoms with Gasteiger partial charge in [0.2, 0.25) is 11.7 Å². The van der Waals surface area contributed by atoms with E-state index in [9.17, 15) is 18.4 Å². The zero-order chi connectivity index (χ0) is 21.3. The standard InChI is InChI=1S/C20H17F2N5O2S/c1-2-9-26-18(29)13-5-3-4-6-16(13)27-19(26)24-25-20(27)30-11-17(28)23-15-10-12(21)7-8-14(15)22/h3-8,10H,2,9,11H2,1H3,(H,23,28). The smallest absolute Gasteiger partial charge is 0.262 e. The molecule has 154 valence electrons. The van der Waals surface area contributed by atoms with Crippen LogP contribution in [0.25, 0.3) is 16.7 Å². The second-order valence-corrected chi connectivity index (χ2v) is 7.50. The number of thioether (sulfide) groups is 1. The molecule has 1 N–H and O–H groups in total. The molecule has 10 heteroatoms. The number of nitrogens with zero attached hydrogens (tertiary/aromatic N) is 4. The highest BCUT2D eigenvalue weighted by Gasteiger charge is 2.17. The van der Waals surface area contributed by atoms with Gasteiger partial charge < -0.3 is 5.32 Å². The summed E-state index contributed by atoms with van der Waals surface area (Å²) in [6.07, 6.45) is 0.741. The molecule has 0 radical (unpaired) electrons. The molecule has 2 aromatic carbocycles. The van der Waals surface area contributed by atoms with Crippen LogP contribution in [0.1, 0.15) is 13.3 Å². The van der Waals surface area contributed by atoms with Crippen LogP contribution in [-0.2, 0) is 11.3 Å². The lowest BCUT2D eigenvalue weighted by Crippen LogP contribution is -2.23. The number of halogens is 2. The predicted octanol–water partition coefficient (Wildman–Crippen LogP) is 3.46. The van der Waals surface area contributed by atoms with Gasteiger partial charge in [-0.3, -0.25) is 18.6 Å². The molecule has 0 saturated heterocycles. The van der Waals surface area contributed by atoms with Crippen molar-refractivity contribution < 1.29 is 13.6 Å². The summed E-state index contributed by atoms with van der Waals surface area (Å²) < 4.78 is 30.3. The molecule has 1 amide bonds. The van der Waals surface area contributed by atoms with E-state index in [1.807, 2.05) is 6.92 Å². The van der Waals surface area contributed by atoms with Gasteiger partial charge in [-0.15, -0.1) is 10.2 Å². The molecule has 0 unspecified atom stereocenters. The number of aromatic nitrogens is 4. The van der Waals surface area contributed by atoms with Crippen LogP contribution in [0.15, 0.2) is 52.4 Å². The lowest BCUT2D eigenvalue weighted by Gasteiger charge is -2.10. The number of rotatable bonds is 6. The van der Waals surface area contributed by atoms with E-state index in [4.69, 9.17) is 0 Å². The lowest BCUT2D eigenvalue weighted by molar-refractivity contribution is -0.113. The third kappa shape index (κ3) is 3.65. The number of aryl methyl sites for hydroxylation is 1. The molecular weight excluding hydrogens is 412 g/mol. The lowest BCUT2D eigenvalue weighted by atomic mass is 10.2. The molecule has 2 heterocycles. The number of nitrogens with one attached hydrogen (secondary N) is 1. The molecule has 0 aliphatic rings. The summed E-state index contributed by atoms with van der Waals surface area (Å²) in [6.45, 7) is 2.44. The summed E-state index contributed by atoms with van der Waals surface area (Å²) >= 11 is 1.09. The van der Waals surface area contributed by atoms with E-state index in [1.54, 1.807) is 33.2 Å². The topological polar surface area (TPSA) is 81.3 Å². The van der Waals surface area contributed by atoms with Crippen LogP contribution in [0.4, 0.5) is 14.5 Å². The number of anilines is 1. The first-order chi connectivity index (χ1) is 14.5. The average molecular weight is 429 g/mol. The summed E-state index contributed by atoms with van der Waals surface area (Å²) in [4.78, 5) is 25.1. The highest BCUT2D eigenvalue weighted by Crippen LogP contribution is 2.22. The molecule has 30 heavy (non-hydrogen) atoms. The Hall–Kier alpha value is -3.27. The quantitative estimate of drug-likeness (QED) is 0.475. The normalized spacial score (nSPS) is 11.3. The van der Waals surface area contributed by atoms with Crippen molar-refractivity contribution in [1.29, 1.82) is 0 Å². The molecule has 0 aliphatic heterocycles. The van der Waals surface area contributed by atoms with Crippen LogP contribution in [0.2, 0.25) is 0 Å². The third-order valence-corrected chi connectivity index (χ3v) is 5.39. The fraction of sp³-hybridized carbons (Fsp3) is 0.200. The zero-order valence-corrected chi connectivity index (χ0v) is 16.7. The van der Waals surface area contributed by atoms with E-state index in [1.165, 1.54) is 0 Å². The van der Waals surface area contributed by atoms with Crippen molar-refractivity contribution in [2.45, 2.75) is 25.0 Å². The summed E-state index contributed by atoms with van der Waals surface area (Å²) in [5, 5.41) is 11.6. The summed E-state index contributed by atoms with van der Waals surface area (Å²) in [5.41, 5.74) is 0.256. The first kappa shape index (κ1) is 20.0. The number of hydrogen-bond acceptors (Lipinski definition) is 5. The first-order valence-electron chi connectivity index (χ1n) is 9.24. The van der Waals surface area contributed by atoms with Gasteiger partial charge in [0.1, 0.15) is 11.6 Å². The van der Waals surface area contributed by atoms with Crippen LogP contribution in [0.5, 0.6) is 0 Å². The van der Waals surface area contributed by atoms with Gasteiger partial charge >= 0.3 is 0 Å². The van der Waals surface area contributed by atoms with Crippen molar-refractivity contribution in [3.8, 4) is 0 Å². The van der Waals surface area contributed by atoms with E-state index in [2.05, 4.69) is 15.5 Å². The van der Waals surface area contributed by atoms with Crippen molar-refractivity contribution in [3.63, 3.8) is 0 Å². The minimum atomic E-state index is -0.725. The number of benzene rings is 2. The summed E-state index contributed by atoms with van der Waals surface area (Å²) in [7, 11) is 0. The fourth-order valence-corrected chi connectivity index (χ4v) is 3.90. The molecule has 0 atom stereocenters. The van der Waals surface area contributed by atoms with E-state index in [0.29, 0.717) is 28.4 Å². The Morgan fingerprint density at radius 1 is 1.17 bits per heavy atom. The van der Waals surface area contributed by atoms with E-state index >= 15 is 0 Å². The minimum Gasteiger partial charge on any atom is -0.323 e. The third-order valence-electron chi connectivity index (χ3n) is 4.46. The number of carbonyl (C=O) groups excluding carboxylic acids is 1. The van der Waals surface area contributed by atoms with Crippen LogP contribution in [0, 0.1) is 11.6 Å². The maximum absolute atomic E-state index is 13.7. The number of hydrogen-bond donors (Lipinski definition) is 1. The predicted molar refractivity (Wildman–Crippen MR) is 111 cm³/mol. The van der Waals surface area contributed by atoms with Gasteiger partial charge in [-0.2, -0.15) is 0 Å². The molecule has 0 spiro atoms. The highest BCUT2D eigenvalue weighted by molar-refractivity contribution is 7.99.